The minimum Gasteiger partial charge on any atom is -0.457 e. The Hall–Kier alpha value is -13.0. The Labute approximate surface area is 649 Å². The first-order valence-electron chi connectivity index (χ1n) is 35.3. The molecule has 16 aromatic rings. The van der Waals surface area contributed by atoms with Gasteiger partial charge in [0.05, 0.1) is 33.4 Å². The van der Waals surface area contributed by atoms with E-state index in [9.17, 15) is 8.78 Å². The van der Waals surface area contributed by atoms with Crippen molar-refractivity contribution in [1.82, 2.24) is 39.9 Å². The smallest absolute Gasteiger partial charge is 0.146 e. The molecule has 0 amide bonds. The second-order valence-electron chi connectivity index (χ2n) is 26.4. The first kappa shape index (κ1) is 75.3. The van der Waals surface area contributed by atoms with Gasteiger partial charge in [-0.25, -0.2) is 48.7 Å². The van der Waals surface area contributed by atoms with Gasteiger partial charge >= 0.3 is 0 Å². The molecule has 0 aliphatic carbocycles. The summed E-state index contributed by atoms with van der Waals surface area (Å²) in [6.45, 7) is 20.6. The number of anilines is 8. The first-order valence-corrected chi connectivity index (χ1v) is 36.4. The minimum absolute atomic E-state index is 0.293. The van der Waals surface area contributed by atoms with Crippen molar-refractivity contribution in [3.05, 3.63) is 333 Å². The maximum Gasteiger partial charge on any atom is 0.146 e. The molecule has 20 heteroatoms. The molecule has 16 nitrogen and oxygen atoms in total. The number of fused-ring (bicyclic) bond motifs is 4. The van der Waals surface area contributed by atoms with Gasteiger partial charge in [0.1, 0.15) is 106 Å². The molecule has 0 atom stereocenters. The molecule has 0 unspecified atom stereocenters. The topological polar surface area (TPSA) is 188 Å². The molecule has 548 valence electrons. The average molecular weight is 1540 g/mol. The summed E-state index contributed by atoms with van der Waals surface area (Å²) in [6, 6.07) is 71.1. The third-order valence-corrected chi connectivity index (χ3v) is 19.3. The number of nitrogens with one attached hydrogen (secondary N) is 4. The van der Waals surface area contributed by atoms with Crippen LogP contribution in [0.15, 0.2) is 260 Å². The summed E-state index contributed by atoms with van der Waals surface area (Å²) in [7, 11) is 0. The standard InChI is InChI=1S/C23H20ClN3O.C23H20FN3O.C22H18BrN3O.C22H18FN3O/c2*1-14-7-8-19(28-18-6-4-5-17(24)11-18)12-21(14)27-23-20-9-15(2)16(3)10-22(20)25-13-26-23;2*1-14-10-18-20(11-15(14)2)24-13-25-22(18)26-21-12-17(8-9-19(21)23)27-16-6-4-3-5-7-16/h2*4-13H,1-3H3,(H,25,26,27);2*3-13H,1-2H3,(H,24,25,26). The van der Waals surface area contributed by atoms with Crippen LogP contribution in [-0.4, -0.2) is 39.9 Å². The molecule has 0 aliphatic rings. The van der Waals surface area contributed by atoms with Crippen LogP contribution in [0.2, 0.25) is 5.02 Å². The second kappa shape index (κ2) is 34.3. The van der Waals surface area contributed by atoms with Crippen LogP contribution >= 0.6 is 27.5 Å². The zero-order valence-electron chi connectivity index (χ0n) is 62.0. The molecule has 110 heavy (non-hydrogen) atoms. The Bertz CT molecular complexity index is 5680. The molecule has 16 rings (SSSR count). The molecule has 0 saturated carbocycles. The highest BCUT2D eigenvalue weighted by Gasteiger charge is 2.16. The van der Waals surface area contributed by atoms with E-state index >= 15 is 0 Å². The van der Waals surface area contributed by atoms with E-state index in [1.54, 1.807) is 49.3 Å². The lowest BCUT2D eigenvalue weighted by Crippen LogP contribution is -1.99. The average Bonchev–Trinajstić information content (AvgIpc) is 0.811. The number of benzene rings is 12. The summed E-state index contributed by atoms with van der Waals surface area (Å²) >= 11 is 9.65. The van der Waals surface area contributed by atoms with Crippen LogP contribution in [0.3, 0.4) is 0 Å². The zero-order chi connectivity index (χ0) is 77.0. The van der Waals surface area contributed by atoms with Crippen LogP contribution in [0.25, 0.3) is 43.6 Å². The molecular weight excluding hydrogens is 1470 g/mol. The fraction of sp³-hybridized carbons (Fsp3) is 0.111. The lowest BCUT2D eigenvalue weighted by atomic mass is 10.1. The van der Waals surface area contributed by atoms with Crippen LogP contribution in [0, 0.1) is 80.9 Å². The number of hydrogen-bond acceptors (Lipinski definition) is 16. The van der Waals surface area contributed by atoms with E-state index in [0.29, 0.717) is 45.3 Å². The van der Waals surface area contributed by atoms with Gasteiger partial charge in [0.15, 0.2) is 0 Å². The van der Waals surface area contributed by atoms with Gasteiger partial charge in [-0.2, -0.15) is 0 Å². The molecule has 12 aromatic carbocycles. The Morgan fingerprint density at radius 3 is 0.982 bits per heavy atom. The SMILES string of the molecule is Cc1cc2ncnc(Nc3cc(Oc4cccc(Cl)c4)ccc3C)c2cc1C.Cc1cc2ncnc(Nc3cc(Oc4cccc(F)c4)ccc3C)c2cc1C.Cc1cc2ncnc(Nc3cc(Oc4ccccc4)ccc3Br)c2cc1C.Cc1cc2ncnc(Nc3cc(Oc4ccccc4)ccc3F)c2cc1C. The highest BCUT2D eigenvalue weighted by molar-refractivity contribution is 9.10. The third kappa shape index (κ3) is 18.9. The maximum absolute atomic E-state index is 14.4. The minimum atomic E-state index is -0.383. The summed E-state index contributed by atoms with van der Waals surface area (Å²) in [5, 5.41) is 17.7. The van der Waals surface area contributed by atoms with Gasteiger partial charge in [-0.05, 0) is 280 Å². The van der Waals surface area contributed by atoms with Gasteiger partial charge in [0.25, 0.3) is 0 Å². The first-order chi connectivity index (χ1) is 53.2. The number of ether oxygens (including phenoxy) is 4. The molecule has 4 aromatic heterocycles. The van der Waals surface area contributed by atoms with Crippen LogP contribution in [0.1, 0.15) is 55.6 Å². The maximum atomic E-state index is 14.4. The van der Waals surface area contributed by atoms with Gasteiger partial charge in [-0.3, -0.25) is 0 Å². The van der Waals surface area contributed by atoms with Crippen molar-refractivity contribution in [2.75, 3.05) is 21.3 Å². The Morgan fingerprint density at radius 1 is 0.273 bits per heavy atom. The van der Waals surface area contributed by atoms with Crippen molar-refractivity contribution in [1.29, 1.82) is 0 Å². The largest absolute Gasteiger partial charge is 0.457 e. The summed E-state index contributed by atoms with van der Waals surface area (Å²) in [4.78, 5) is 35.1. The van der Waals surface area contributed by atoms with Crippen molar-refractivity contribution in [2.45, 2.75) is 69.2 Å². The van der Waals surface area contributed by atoms with E-state index < -0.39 is 0 Å². The Morgan fingerprint density at radius 2 is 0.582 bits per heavy atom. The predicted octanol–water partition coefficient (Wildman–Crippen LogP) is 25.4. The fourth-order valence-corrected chi connectivity index (χ4v) is 12.2. The molecule has 0 aliphatic heterocycles. The van der Waals surface area contributed by atoms with Crippen molar-refractivity contribution in [3.8, 4) is 46.0 Å². The highest BCUT2D eigenvalue weighted by atomic mass is 79.9. The molecule has 4 heterocycles. The number of aromatic nitrogens is 8. The van der Waals surface area contributed by atoms with E-state index in [-0.39, 0.29) is 11.6 Å². The van der Waals surface area contributed by atoms with Crippen molar-refractivity contribution < 1.29 is 27.7 Å². The van der Waals surface area contributed by atoms with E-state index in [1.807, 2.05) is 173 Å². The number of para-hydroxylation sites is 2. The van der Waals surface area contributed by atoms with Gasteiger partial charge < -0.3 is 40.2 Å². The quantitative estimate of drug-likeness (QED) is 0.0714. The number of halogens is 4. The summed E-state index contributed by atoms with van der Waals surface area (Å²) < 4.78 is 52.2. The predicted molar refractivity (Wildman–Crippen MR) is 443 cm³/mol. The number of hydrogen-bond donors (Lipinski definition) is 4. The van der Waals surface area contributed by atoms with Crippen molar-refractivity contribution in [2.24, 2.45) is 0 Å². The number of aryl methyl sites for hydroxylation is 10. The lowest BCUT2D eigenvalue weighted by Gasteiger charge is -2.14. The van der Waals surface area contributed by atoms with Gasteiger partial charge in [-0.15, -0.1) is 0 Å². The zero-order valence-corrected chi connectivity index (χ0v) is 64.3. The summed E-state index contributed by atoms with van der Waals surface area (Å²) in [6.07, 6.45) is 6.20. The summed E-state index contributed by atoms with van der Waals surface area (Å²) in [5.74, 6) is 7.37. The molecule has 0 spiro atoms. The van der Waals surface area contributed by atoms with Gasteiger partial charge in [0, 0.05) is 72.7 Å². The van der Waals surface area contributed by atoms with E-state index in [2.05, 4.69) is 155 Å². The molecule has 4 N–H and O–H groups in total. The molecule has 0 saturated heterocycles. The Balaban J connectivity index is 0.000000129. The van der Waals surface area contributed by atoms with E-state index in [1.165, 1.54) is 57.9 Å². The number of nitrogens with zero attached hydrogens (tertiary/aromatic N) is 8. The van der Waals surface area contributed by atoms with Crippen LogP contribution in [0.5, 0.6) is 46.0 Å². The molecule has 0 radical (unpaired) electrons. The fourth-order valence-electron chi connectivity index (χ4n) is 11.7. The number of rotatable bonds is 16. The van der Waals surface area contributed by atoms with Crippen LogP contribution < -0.4 is 40.2 Å². The summed E-state index contributed by atoms with van der Waals surface area (Å²) in [5.41, 5.74) is 18.1. The van der Waals surface area contributed by atoms with Crippen molar-refractivity contribution in [3.63, 3.8) is 0 Å². The second-order valence-corrected chi connectivity index (χ2v) is 27.7. The van der Waals surface area contributed by atoms with Crippen molar-refractivity contribution >= 4 is 117 Å². The normalized spacial score (nSPS) is 10.8. The van der Waals surface area contributed by atoms with E-state index in [0.717, 1.165) is 122 Å². The van der Waals surface area contributed by atoms with E-state index in [4.69, 9.17) is 30.5 Å². The lowest BCUT2D eigenvalue weighted by molar-refractivity contribution is 0.477. The molecule has 0 bridgehead atoms. The highest BCUT2D eigenvalue weighted by Crippen LogP contribution is 2.38. The molecule has 0 fully saturated rings. The molecular formula is C90H76BrClF2N12O4. The van der Waals surface area contributed by atoms with Crippen LogP contribution in [0.4, 0.5) is 54.8 Å². The third-order valence-electron chi connectivity index (χ3n) is 18.3. The monoisotopic (exact) mass is 1540 g/mol. The Kier molecular flexibility index (Phi) is 23.5. The van der Waals surface area contributed by atoms with Crippen LogP contribution in [-0.2, 0) is 0 Å². The van der Waals surface area contributed by atoms with Gasteiger partial charge in [-0.1, -0.05) is 72.3 Å². The van der Waals surface area contributed by atoms with Gasteiger partial charge in [0.2, 0.25) is 0 Å².